The highest BCUT2D eigenvalue weighted by Gasteiger charge is 2.14. The fourth-order valence-electron chi connectivity index (χ4n) is 2.69. The Kier molecular flexibility index (Phi) is 9.58. The smallest absolute Gasteiger partial charge is 0.407 e. The maximum atomic E-state index is 12.0. The zero-order valence-electron chi connectivity index (χ0n) is 16.0. The summed E-state index contributed by atoms with van der Waals surface area (Å²) in [5.41, 5.74) is 7.66. The number of carbonyl (C=O) groups excluding carboxylic acids is 2. The topological polar surface area (TPSA) is 90.6 Å². The molecule has 0 spiro atoms. The Hall–Kier alpha value is -2.86. The van der Waals surface area contributed by atoms with E-state index in [0.29, 0.717) is 19.5 Å². The number of hydrogen-bond donors (Lipinski definition) is 2. The Morgan fingerprint density at radius 2 is 1.46 bits per heavy atom. The molecule has 0 radical (unpaired) electrons. The third kappa shape index (κ3) is 8.68. The van der Waals surface area contributed by atoms with Crippen LogP contribution in [-0.2, 0) is 27.5 Å². The van der Waals surface area contributed by atoms with Crippen LogP contribution in [0.5, 0.6) is 0 Å². The van der Waals surface area contributed by atoms with E-state index in [1.54, 1.807) is 0 Å². The first kappa shape index (κ1) is 21.4. The zero-order chi connectivity index (χ0) is 20.0. The van der Waals surface area contributed by atoms with Crippen LogP contribution >= 0.6 is 0 Å². The summed E-state index contributed by atoms with van der Waals surface area (Å²) in [6.45, 7) is 1.39. The molecule has 1 atom stereocenters. The second-order valence-electron chi connectivity index (χ2n) is 6.58. The Balaban J connectivity index is 1.57. The summed E-state index contributed by atoms with van der Waals surface area (Å²) < 4.78 is 10.4. The number of rotatable bonds is 11. The van der Waals surface area contributed by atoms with Crippen LogP contribution in [-0.4, -0.2) is 25.2 Å². The molecule has 6 heteroatoms. The van der Waals surface area contributed by atoms with E-state index in [9.17, 15) is 9.59 Å². The number of amides is 1. The molecular formula is C22H28N2O4. The van der Waals surface area contributed by atoms with Crippen LogP contribution in [0.1, 0.15) is 30.4 Å². The van der Waals surface area contributed by atoms with Crippen LogP contribution in [0.4, 0.5) is 4.79 Å². The molecule has 2 aromatic carbocycles. The van der Waals surface area contributed by atoms with Crippen LogP contribution < -0.4 is 11.1 Å². The lowest BCUT2D eigenvalue weighted by Crippen LogP contribution is -2.26. The SMILES string of the molecule is NC[C@H](CCCNC(=O)OCc1ccccc1)CC(=O)OCc1ccccc1. The predicted octanol–water partition coefficient (Wildman–Crippen LogP) is 3.40. The lowest BCUT2D eigenvalue weighted by atomic mass is 10.00. The molecule has 3 N–H and O–H groups in total. The van der Waals surface area contributed by atoms with Crippen molar-refractivity contribution in [1.29, 1.82) is 0 Å². The number of carbonyl (C=O) groups is 2. The van der Waals surface area contributed by atoms with Crippen LogP contribution in [0.25, 0.3) is 0 Å². The summed E-state index contributed by atoms with van der Waals surface area (Å²) in [5, 5.41) is 2.71. The number of nitrogens with two attached hydrogens (primary N) is 1. The molecule has 0 heterocycles. The number of hydrogen-bond acceptors (Lipinski definition) is 5. The summed E-state index contributed by atoms with van der Waals surface area (Å²) in [6, 6.07) is 19.1. The van der Waals surface area contributed by atoms with E-state index in [0.717, 1.165) is 17.5 Å². The fraction of sp³-hybridized carbons (Fsp3) is 0.364. The molecule has 2 rings (SSSR count). The van der Waals surface area contributed by atoms with E-state index in [1.165, 1.54) is 0 Å². The fourth-order valence-corrected chi connectivity index (χ4v) is 2.69. The van der Waals surface area contributed by atoms with Gasteiger partial charge in [-0.3, -0.25) is 4.79 Å². The molecule has 0 aliphatic carbocycles. The first-order valence-corrected chi connectivity index (χ1v) is 9.51. The predicted molar refractivity (Wildman–Crippen MR) is 107 cm³/mol. The molecule has 0 aliphatic rings. The first-order valence-electron chi connectivity index (χ1n) is 9.51. The second-order valence-corrected chi connectivity index (χ2v) is 6.58. The third-order valence-corrected chi connectivity index (χ3v) is 4.30. The first-order chi connectivity index (χ1) is 13.7. The van der Waals surface area contributed by atoms with Crippen molar-refractivity contribution in [2.24, 2.45) is 11.7 Å². The summed E-state index contributed by atoms with van der Waals surface area (Å²) >= 11 is 0. The largest absolute Gasteiger partial charge is 0.461 e. The number of esters is 1. The monoisotopic (exact) mass is 384 g/mol. The molecule has 150 valence electrons. The molecule has 0 saturated heterocycles. The van der Waals surface area contributed by atoms with E-state index in [2.05, 4.69) is 5.32 Å². The highest BCUT2D eigenvalue weighted by Crippen LogP contribution is 2.12. The standard InChI is InChI=1S/C22H28N2O4/c23-15-20(14-21(25)27-16-18-8-3-1-4-9-18)12-7-13-24-22(26)28-17-19-10-5-2-6-11-19/h1-6,8-11,20H,7,12-17,23H2,(H,24,26)/t20-/m1/s1. The molecule has 28 heavy (non-hydrogen) atoms. The molecular weight excluding hydrogens is 356 g/mol. The van der Waals surface area contributed by atoms with E-state index >= 15 is 0 Å². The van der Waals surface area contributed by atoms with Crippen molar-refractivity contribution in [3.63, 3.8) is 0 Å². The van der Waals surface area contributed by atoms with Gasteiger partial charge in [0, 0.05) is 13.0 Å². The zero-order valence-corrected chi connectivity index (χ0v) is 16.0. The average molecular weight is 384 g/mol. The molecule has 1 amide bonds. The minimum absolute atomic E-state index is 0.0328. The maximum Gasteiger partial charge on any atom is 0.407 e. The molecule has 0 saturated carbocycles. The molecule has 6 nitrogen and oxygen atoms in total. The average Bonchev–Trinajstić information content (AvgIpc) is 2.74. The summed E-state index contributed by atoms with van der Waals surface area (Å²) in [4.78, 5) is 23.7. The van der Waals surface area contributed by atoms with Gasteiger partial charge in [-0.05, 0) is 36.4 Å². The lowest BCUT2D eigenvalue weighted by Gasteiger charge is -2.14. The minimum Gasteiger partial charge on any atom is -0.461 e. The number of nitrogens with one attached hydrogen (secondary N) is 1. The van der Waals surface area contributed by atoms with E-state index < -0.39 is 6.09 Å². The van der Waals surface area contributed by atoms with Gasteiger partial charge in [-0.25, -0.2) is 4.79 Å². The van der Waals surface area contributed by atoms with Gasteiger partial charge in [-0.15, -0.1) is 0 Å². The van der Waals surface area contributed by atoms with Crippen molar-refractivity contribution < 1.29 is 19.1 Å². The number of alkyl carbamates (subject to hydrolysis) is 1. The molecule has 0 bridgehead atoms. The minimum atomic E-state index is -0.449. The van der Waals surface area contributed by atoms with Crippen molar-refractivity contribution in [2.75, 3.05) is 13.1 Å². The quantitative estimate of drug-likeness (QED) is 0.458. The van der Waals surface area contributed by atoms with Gasteiger partial charge in [0.15, 0.2) is 0 Å². The van der Waals surface area contributed by atoms with Gasteiger partial charge in [0.1, 0.15) is 13.2 Å². The van der Waals surface area contributed by atoms with Crippen molar-refractivity contribution >= 4 is 12.1 Å². The Bertz CT molecular complexity index is 707. The molecule has 0 aliphatic heterocycles. The van der Waals surface area contributed by atoms with Crippen LogP contribution in [0, 0.1) is 5.92 Å². The van der Waals surface area contributed by atoms with Crippen LogP contribution in [0.15, 0.2) is 60.7 Å². The summed E-state index contributed by atoms with van der Waals surface area (Å²) in [5.74, 6) is -0.222. The van der Waals surface area contributed by atoms with Crippen molar-refractivity contribution in [3.05, 3.63) is 71.8 Å². The highest BCUT2D eigenvalue weighted by atomic mass is 16.5. The Labute approximate surface area is 166 Å². The molecule has 0 unspecified atom stereocenters. The number of benzene rings is 2. The van der Waals surface area contributed by atoms with E-state index in [-0.39, 0.29) is 31.5 Å². The van der Waals surface area contributed by atoms with E-state index in [4.69, 9.17) is 15.2 Å². The van der Waals surface area contributed by atoms with Gasteiger partial charge in [0.05, 0.1) is 0 Å². The van der Waals surface area contributed by atoms with Gasteiger partial charge >= 0.3 is 12.1 Å². The second kappa shape index (κ2) is 12.5. The van der Waals surface area contributed by atoms with Crippen molar-refractivity contribution in [3.8, 4) is 0 Å². The third-order valence-electron chi connectivity index (χ3n) is 4.30. The van der Waals surface area contributed by atoms with Crippen LogP contribution in [0.3, 0.4) is 0 Å². The Morgan fingerprint density at radius 1 is 0.893 bits per heavy atom. The summed E-state index contributed by atoms with van der Waals surface area (Å²) in [6.07, 6.45) is 1.28. The van der Waals surface area contributed by atoms with Gasteiger partial charge in [-0.1, -0.05) is 60.7 Å². The van der Waals surface area contributed by atoms with Crippen molar-refractivity contribution in [1.82, 2.24) is 5.32 Å². The normalized spacial score (nSPS) is 11.5. The molecule has 0 fully saturated rings. The highest BCUT2D eigenvalue weighted by molar-refractivity contribution is 5.69. The van der Waals surface area contributed by atoms with Gasteiger partial charge in [-0.2, -0.15) is 0 Å². The van der Waals surface area contributed by atoms with Gasteiger partial charge < -0.3 is 20.5 Å². The van der Waals surface area contributed by atoms with Gasteiger partial charge in [0.25, 0.3) is 0 Å². The molecule has 2 aromatic rings. The van der Waals surface area contributed by atoms with E-state index in [1.807, 2.05) is 60.7 Å². The van der Waals surface area contributed by atoms with Crippen molar-refractivity contribution in [2.45, 2.75) is 32.5 Å². The maximum absolute atomic E-state index is 12.0. The lowest BCUT2D eigenvalue weighted by molar-refractivity contribution is -0.146. The van der Waals surface area contributed by atoms with Gasteiger partial charge in [0.2, 0.25) is 0 Å². The number of ether oxygens (including phenoxy) is 2. The summed E-state index contributed by atoms with van der Waals surface area (Å²) in [7, 11) is 0. The van der Waals surface area contributed by atoms with Crippen LogP contribution in [0.2, 0.25) is 0 Å². The molecule has 0 aromatic heterocycles. The Morgan fingerprint density at radius 3 is 2.04 bits per heavy atom.